The summed E-state index contributed by atoms with van der Waals surface area (Å²) in [4.78, 5) is 28.0. The van der Waals surface area contributed by atoms with Gasteiger partial charge in [0.05, 0.1) is 12.7 Å². The molecule has 7 nitrogen and oxygen atoms in total. The van der Waals surface area contributed by atoms with Gasteiger partial charge in [-0.1, -0.05) is 51.4 Å². The van der Waals surface area contributed by atoms with Gasteiger partial charge in [-0.05, 0) is 66.8 Å². The van der Waals surface area contributed by atoms with Gasteiger partial charge in [-0.2, -0.15) is 0 Å². The second kappa shape index (κ2) is 12.9. The molecule has 0 aliphatic carbocycles. The molecule has 1 heterocycles. The molecular weight excluding hydrogens is 466 g/mol. The number of halogens is 1. The lowest BCUT2D eigenvalue weighted by Gasteiger charge is -2.29. The number of nitrogens with one attached hydrogen (secondary N) is 2. The molecule has 2 amide bonds. The van der Waals surface area contributed by atoms with Gasteiger partial charge in [-0.3, -0.25) is 5.32 Å². The number of carbonyl (C=O) groups is 2. The summed E-state index contributed by atoms with van der Waals surface area (Å²) in [6.07, 6.45) is 4.07. The van der Waals surface area contributed by atoms with Crippen molar-refractivity contribution in [3.8, 4) is 0 Å². The lowest BCUT2D eigenvalue weighted by molar-refractivity contribution is 0.0600. The third kappa shape index (κ3) is 9.15. The van der Waals surface area contributed by atoms with Gasteiger partial charge in [0.25, 0.3) is 0 Å². The molecule has 2 aromatic rings. The number of hydrogen-bond acceptors (Lipinski definition) is 5. The molecule has 192 valence electrons. The Bertz CT molecular complexity index is 989. The molecule has 0 fully saturated rings. The third-order valence-electron chi connectivity index (χ3n) is 6.19. The number of aliphatic hydroxyl groups excluding tert-OH is 1. The Hall–Kier alpha value is -2.64. The van der Waals surface area contributed by atoms with Crippen LogP contribution in [0.4, 0.5) is 10.6 Å². The first-order chi connectivity index (χ1) is 16.4. The Morgan fingerprint density at radius 3 is 2.43 bits per heavy atom. The van der Waals surface area contributed by atoms with Crippen molar-refractivity contribution in [1.29, 1.82) is 0 Å². The lowest BCUT2D eigenvalue weighted by atomic mass is 9.84. The minimum absolute atomic E-state index is 0.0634. The summed E-state index contributed by atoms with van der Waals surface area (Å²) >= 11 is 6.55. The number of esters is 1. The van der Waals surface area contributed by atoms with Crippen LogP contribution in [0.15, 0.2) is 36.5 Å². The third-order valence-corrected chi connectivity index (χ3v) is 6.54. The van der Waals surface area contributed by atoms with E-state index in [-0.39, 0.29) is 29.9 Å². The van der Waals surface area contributed by atoms with Crippen molar-refractivity contribution in [2.24, 2.45) is 17.3 Å². The van der Waals surface area contributed by atoms with Gasteiger partial charge in [0.15, 0.2) is 0 Å². The van der Waals surface area contributed by atoms with Gasteiger partial charge in [-0.25, -0.2) is 14.6 Å². The molecule has 3 N–H and O–H groups in total. The zero-order chi connectivity index (χ0) is 26.2. The maximum atomic E-state index is 12.5. The second-order valence-corrected chi connectivity index (χ2v) is 10.7. The number of urea groups is 1. The highest BCUT2D eigenvalue weighted by molar-refractivity contribution is 6.31. The molecule has 1 aromatic heterocycles. The van der Waals surface area contributed by atoms with Gasteiger partial charge < -0.3 is 15.2 Å². The van der Waals surface area contributed by atoms with E-state index in [4.69, 9.17) is 11.6 Å². The zero-order valence-electron chi connectivity index (χ0n) is 21.5. The number of aliphatic hydroxyl groups is 1. The number of aromatic nitrogens is 1. The van der Waals surface area contributed by atoms with Crippen LogP contribution in [0.25, 0.3) is 0 Å². The average Bonchev–Trinajstić information content (AvgIpc) is 2.78. The van der Waals surface area contributed by atoms with Crippen LogP contribution >= 0.6 is 11.6 Å². The average molecular weight is 504 g/mol. The molecule has 2 rings (SSSR count). The number of anilines is 1. The molecular formula is C27H38ClN3O4. The number of aryl methyl sites for hydroxylation is 1. The molecule has 8 heteroatoms. The highest BCUT2D eigenvalue weighted by atomic mass is 35.5. The molecule has 1 aromatic carbocycles. The first-order valence-electron chi connectivity index (χ1n) is 11.9. The van der Waals surface area contributed by atoms with Gasteiger partial charge in [0.1, 0.15) is 5.82 Å². The maximum absolute atomic E-state index is 12.5. The van der Waals surface area contributed by atoms with Crippen LogP contribution in [-0.4, -0.2) is 41.8 Å². The number of hydrogen-bond donors (Lipinski definition) is 3. The predicted molar refractivity (Wildman–Crippen MR) is 140 cm³/mol. The summed E-state index contributed by atoms with van der Waals surface area (Å²) in [5.41, 5.74) is 2.80. The highest BCUT2D eigenvalue weighted by Gasteiger charge is 2.25. The van der Waals surface area contributed by atoms with E-state index in [9.17, 15) is 14.7 Å². The number of amides is 2. The summed E-state index contributed by atoms with van der Waals surface area (Å²) < 4.78 is 4.64. The molecule has 0 bridgehead atoms. The number of nitrogens with zero attached hydrogens (tertiary/aromatic N) is 1. The fraction of sp³-hybridized carbons (Fsp3) is 0.519. The van der Waals surface area contributed by atoms with Crippen LogP contribution in [0.2, 0.25) is 5.02 Å². The smallest absolute Gasteiger partial charge is 0.339 e. The minimum Gasteiger partial charge on any atom is -0.465 e. The monoisotopic (exact) mass is 503 g/mol. The van der Waals surface area contributed by atoms with Crippen LogP contribution < -0.4 is 10.6 Å². The molecule has 0 radical (unpaired) electrons. The van der Waals surface area contributed by atoms with E-state index in [0.29, 0.717) is 11.4 Å². The van der Waals surface area contributed by atoms with E-state index in [1.54, 1.807) is 0 Å². The Kier molecular flexibility index (Phi) is 10.5. The lowest BCUT2D eigenvalue weighted by Crippen LogP contribution is -2.44. The number of ether oxygens (including phenoxy) is 1. The Balaban J connectivity index is 1.94. The van der Waals surface area contributed by atoms with Crippen molar-refractivity contribution in [1.82, 2.24) is 10.3 Å². The number of benzene rings is 1. The molecule has 0 saturated heterocycles. The Labute approximate surface area is 213 Å². The molecule has 0 saturated carbocycles. The van der Waals surface area contributed by atoms with E-state index in [1.165, 1.54) is 25.4 Å². The van der Waals surface area contributed by atoms with Gasteiger partial charge >= 0.3 is 12.0 Å². The summed E-state index contributed by atoms with van der Waals surface area (Å²) in [5.74, 6) is -0.251. The Morgan fingerprint density at radius 2 is 1.89 bits per heavy atom. The number of rotatable bonds is 10. The largest absolute Gasteiger partial charge is 0.465 e. The van der Waals surface area contributed by atoms with Crippen LogP contribution in [0.1, 0.15) is 62.5 Å². The van der Waals surface area contributed by atoms with E-state index in [0.717, 1.165) is 35.4 Å². The molecule has 0 aliphatic heterocycles. The molecule has 0 aliphatic rings. The summed E-state index contributed by atoms with van der Waals surface area (Å²) in [6.45, 7) is 10.5. The fourth-order valence-electron chi connectivity index (χ4n) is 3.96. The van der Waals surface area contributed by atoms with E-state index in [2.05, 4.69) is 60.2 Å². The minimum atomic E-state index is -0.497. The van der Waals surface area contributed by atoms with E-state index < -0.39 is 12.0 Å². The van der Waals surface area contributed by atoms with Gasteiger partial charge in [0, 0.05) is 29.8 Å². The van der Waals surface area contributed by atoms with Crippen LogP contribution in [0.3, 0.4) is 0 Å². The van der Waals surface area contributed by atoms with E-state index in [1.807, 2.05) is 13.0 Å². The molecule has 3 unspecified atom stereocenters. The van der Waals surface area contributed by atoms with Crippen molar-refractivity contribution in [3.05, 3.63) is 58.2 Å². The summed E-state index contributed by atoms with van der Waals surface area (Å²) in [7, 11) is 1.29. The van der Waals surface area contributed by atoms with Crippen LogP contribution in [0, 0.1) is 17.3 Å². The van der Waals surface area contributed by atoms with Crippen molar-refractivity contribution in [2.45, 2.75) is 59.9 Å². The van der Waals surface area contributed by atoms with Crippen molar-refractivity contribution in [2.75, 3.05) is 19.0 Å². The quantitative estimate of drug-likeness (QED) is 0.372. The SMILES string of the molecule is COC(=O)c1ccc(NC(=O)NC(C)C(CO)C(C)Cc2ccc(CCC(C)(C)C)c(Cl)c2)nc1. The van der Waals surface area contributed by atoms with Gasteiger partial charge in [-0.15, -0.1) is 0 Å². The number of carbonyl (C=O) groups excluding carboxylic acids is 2. The van der Waals surface area contributed by atoms with Crippen molar-refractivity contribution >= 4 is 29.4 Å². The predicted octanol–water partition coefficient (Wildman–Crippen LogP) is 5.50. The number of methoxy groups -OCH3 is 1. The molecule has 35 heavy (non-hydrogen) atoms. The molecule has 0 spiro atoms. The van der Waals surface area contributed by atoms with Crippen molar-refractivity contribution in [3.63, 3.8) is 0 Å². The number of pyridine rings is 1. The maximum Gasteiger partial charge on any atom is 0.339 e. The van der Waals surface area contributed by atoms with Gasteiger partial charge in [0.2, 0.25) is 0 Å². The fourth-order valence-corrected chi connectivity index (χ4v) is 4.25. The topological polar surface area (TPSA) is 101 Å². The Morgan fingerprint density at radius 1 is 1.17 bits per heavy atom. The zero-order valence-corrected chi connectivity index (χ0v) is 22.3. The summed E-state index contributed by atoms with van der Waals surface area (Å²) in [6, 6.07) is 8.53. The standard InChI is InChI=1S/C27H38ClN3O4/c1-17(13-19-7-8-20(23(28)14-19)11-12-27(3,4)5)22(16-32)18(2)30-26(34)31-24-10-9-21(15-29-24)25(33)35-6/h7-10,14-15,17-18,22,32H,11-13,16H2,1-6H3,(H2,29,30,31,34). The highest BCUT2D eigenvalue weighted by Crippen LogP contribution is 2.28. The first-order valence-corrected chi connectivity index (χ1v) is 12.3. The normalized spacial score (nSPS) is 14.1. The first kappa shape index (κ1) is 28.6. The van der Waals surface area contributed by atoms with Crippen LogP contribution in [0.5, 0.6) is 0 Å². The molecule has 3 atom stereocenters. The van der Waals surface area contributed by atoms with Crippen molar-refractivity contribution < 1.29 is 19.4 Å². The second-order valence-electron chi connectivity index (χ2n) is 10.3. The van der Waals surface area contributed by atoms with E-state index >= 15 is 0 Å². The van der Waals surface area contributed by atoms with Crippen LogP contribution in [-0.2, 0) is 17.6 Å². The summed E-state index contributed by atoms with van der Waals surface area (Å²) in [5, 5.41) is 16.3.